The number of carbonyl (C=O) groups is 1. The molecule has 0 radical (unpaired) electrons. The van der Waals surface area contributed by atoms with Crippen LogP contribution in [0.5, 0.6) is 0 Å². The van der Waals surface area contributed by atoms with E-state index in [4.69, 9.17) is 0 Å². The largest absolute Gasteiger partial charge is 0.323 e. The van der Waals surface area contributed by atoms with Gasteiger partial charge in [-0.05, 0) is 61.8 Å². The number of likely N-dealkylation sites (tertiary alicyclic amines) is 1. The smallest absolute Gasteiger partial charge is 0.308 e. The highest BCUT2D eigenvalue weighted by molar-refractivity contribution is 5.99. The van der Waals surface area contributed by atoms with Gasteiger partial charge >= 0.3 is 6.03 Å². The molecule has 1 heterocycles. The molecule has 0 aliphatic carbocycles. The molecule has 24 heavy (non-hydrogen) atoms. The molecule has 1 aliphatic rings. The lowest BCUT2D eigenvalue weighted by Gasteiger charge is -2.26. The maximum absolute atomic E-state index is 13.1. The number of nitrogens with zero attached hydrogens (tertiary/aromatic N) is 1. The third-order valence-corrected chi connectivity index (χ3v) is 4.15. The van der Waals surface area contributed by atoms with Crippen molar-refractivity contribution < 1.29 is 9.18 Å². The Bertz CT molecular complexity index is 681. The van der Waals surface area contributed by atoms with Crippen LogP contribution in [0, 0.1) is 5.82 Å². The first kappa shape index (κ1) is 16.5. The quantitative estimate of drug-likeness (QED) is 0.871. The first-order valence-corrected chi connectivity index (χ1v) is 8.34. The summed E-state index contributed by atoms with van der Waals surface area (Å²) in [6.07, 6.45) is 3.89. The highest BCUT2D eigenvalue weighted by Crippen LogP contribution is 2.16. The molecule has 0 unspecified atom stereocenters. The van der Waals surface area contributed by atoms with Crippen LogP contribution in [-0.2, 0) is 6.54 Å². The van der Waals surface area contributed by atoms with E-state index in [1.807, 2.05) is 24.3 Å². The van der Waals surface area contributed by atoms with Crippen molar-refractivity contribution >= 4 is 17.4 Å². The van der Waals surface area contributed by atoms with Gasteiger partial charge in [-0.15, -0.1) is 0 Å². The lowest BCUT2D eigenvalue weighted by Crippen LogP contribution is -2.29. The van der Waals surface area contributed by atoms with E-state index in [2.05, 4.69) is 15.5 Å². The molecule has 2 aromatic rings. The van der Waals surface area contributed by atoms with E-state index in [0.717, 1.165) is 19.6 Å². The third-order valence-electron chi connectivity index (χ3n) is 4.15. The number of anilines is 2. The van der Waals surface area contributed by atoms with Gasteiger partial charge in [0.1, 0.15) is 5.82 Å². The predicted octanol–water partition coefficient (Wildman–Crippen LogP) is 4.46. The fourth-order valence-electron chi connectivity index (χ4n) is 2.93. The van der Waals surface area contributed by atoms with Crippen LogP contribution in [0.25, 0.3) is 0 Å². The molecule has 1 saturated heterocycles. The van der Waals surface area contributed by atoms with Crippen molar-refractivity contribution in [3.8, 4) is 0 Å². The molecule has 0 atom stereocenters. The maximum Gasteiger partial charge on any atom is 0.323 e. The Balaban J connectivity index is 1.52. The summed E-state index contributed by atoms with van der Waals surface area (Å²) in [5, 5.41) is 5.37. The molecular weight excluding hydrogens is 305 g/mol. The Morgan fingerprint density at radius 2 is 1.67 bits per heavy atom. The van der Waals surface area contributed by atoms with Crippen molar-refractivity contribution in [2.45, 2.75) is 25.8 Å². The second-order valence-corrected chi connectivity index (χ2v) is 6.12. The van der Waals surface area contributed by atoms with Crippen LogP contribution in [0.2, 0.25) is 0 Å². The van der Waals surface area contributed by atoms with Gasteiger partial charge in [0, 0.05) is 17.9 Å². The number of piperidine rings is 1. The fourth-order valence-corrected chi connectivity index (χ4v) is 2.93. The minimum absolute atomic E-state index is 0.380. The molecule has 0 aromatic heterocycles. The van der Waals surface area contributed by atoms with Gasteiger partial charge in [0.2, 0.25) is 0 Å². The molecule has 2 amide bonds. The molecule has 0 spiro atoms. The summed E-state index contributed by atoms with van der Waals surface area (Å²) in [5.41, 5.74) is 2.38. The van der Waals surface area contributed by atoms with Crippen molar-refractivity contribution in [2.75, 3.05) is 23.7 Å². The molecule has 126 valence electrons. The monoisotopic (exact) mass is 327 g/mol. The van der Waals surface area contributed by atoms with Crippen molar-refractivity contribution in [1.82, 2.24) is 4.90 Å². The number of benzene rings is 2. The summed E-state index contributed by atoms with van der Waals surface area (Å²) in [4.78, 5) is 14.4. The Kier molecular flexibility index (Phi) is 5.43. The first-order chi connectivity index (χ1) is 11.7. The van der Waals surface area contributed by atoms with Crippen LogP contribution in [0.4, 0.5) is 20.6 Å². The van der Waals surface area contributed by atoms with Gasteiger partial charge in [0.15, 0.2) is 0 Å². The molecule has 0 bridgehead atoms. The van der Waals surface area contributed by atoms with Gasteiger partial charge in [0.25, 0.3) is 0 Å². The summed E-state index contributed by atoms with van der Waals surface area (Å²) in [5.74, 6) is -0.380. The predicted molar refractivity (Wildman–Crippen MR) is 94.6 cm³/mol. The van der Waals surface area contributed by atoms with Gasteiger partial charge < -0.3 is 10.6 Å². The molecule has 3 rings (SSSR count). The normalized spacial score (nSPS) is 15.0. The maximum atomic E-state index is 13.1. The average Bonchev–Trinajstić information content (AvgIpc) is 2.57. The van der Waals surface area contributed by atoms with E-state index in [-0.39, 0.29) is 11.8 Å². The summed E-state index contributed by atoms with van der Waals surface area (Å²) < 4.78 is 13.1. The standard InChI is InChI=1S/C19H22FN3O/c20-16-5-4-6-18(13-16)22-19(24)21-17-9-7-15(8-10-17)14-23-11-2-1-3-12-23/h4-10,13H,1-3,11-12,14H2,(H2,21,22,24). The van der Waals surface area contributed by atoms with E-state index in [1.54, 1.807) is 12.1 Å². The topological polar surface area (TPSA) is 44.4 Å². The molecular formula is C19H22FN3O. The van der Waals surface area contributed by atoms with Crippen LogP contribution >= 0.6 is 0 Å². The lowest BCUT2D eigenvalue weighted by atomic mass is 10.1. The summed E-state index contributed by atoms with van der Waals surface area (Å²) in [7, 11) is 0. The van der Waals surface area contributed by atoms with Gasteiger partial charge in [-0.3, -0.25) is 4.90 Å². The van der Waals surface area contributed by atoms with Crippen LogP contribution in [-0.4, -0.2) is 24.0 Å². The Morgan fingerprint density at radius 3 is 2.38 bits per heavy atom. The number of urea groups is 1. The number of nitrogens with one attached hydrogen (secondary N) is 2. The molecule has 5 heteroatoms. The molecule has 2 aromatic carbocycles. The molecule has 1 fully saturated rings. The molecule has 4 nitrogen and oxygen atoms in total. The van der Waals surface area contributed by atoms with E-state index >= 15 is 0 Å². The van der Waals surface area contributed by atoms with Crippen molar-refractivity contribution in [2.24, 2.45) is 0 Å². The van der Waals surface area contributed by atoms with Gasteiger partial charge in [0.05, 0.1) is 0 Å². The van der Waals surface area contributed by atoms with Gasteiger partial charge in [-0.25, -0.2) is 9.18 Å². The van der Waals surface area contributed by atoms with Crippen molar-refractivity contribution in [3.63, 3.8) is 0 Å². The van der Waals surface area contributed by atoms with Crippen molar-refractivity contribution in [3.05, 3.63) is 59.9 Å². The van der Waals surface area contributed by atoms with Crippen LogP contribution < -0.4 is 10.6 Å². The SMILES string of the molecule is O=C(Nc1ccc(CN2CCCCC2)cc1)Nc1cccc(F)c1. The van der Waals surface area contributed by atoms with E-state index in [0.29, 0.717) is 11.4 Å². The zero-order chi connectivity index (χ0) is 16.8. The van der Waals surface area contributed by atoms with Crippen LogP contribution in [0.3, 0.4) is 0 Å². The second kappa shape index (κ2) is 7.93. The zero-order valence-electron chi connectivity index (χ0n) is 13.6. The first-order valence-electron chi connectivity index (χ1n) is 8.34. The van der Waals surface area contributed by atoms with Crippen molar-refractivity contribution in [1.29, 1.82) is 0 Å². The van der Waals surface area contributed by atoms with Crippen LogP contribution in [0.1, 0.15) is 24.8 Å². The Morgan fingerprint density at radius 1 is 0.958 bits per heavy atom. The van der Waals surface area contributed by atoms with Crippen LogP contribution in [0.15, 0.2) is 48.5 Å². The third kappa shape index (κ3) is 4.80. The molecule has 2 N–H and O–H groups in total. The van der Waals surface area contributed by atoms with Gasteiger partial charge in [-0.1, -0.05) is 24.6 Å². The molecule has 0 saturated carbocycles. The number of rotatable bonds is 4. The summed E-state index contributed by atoms with van der Waals surface area (Å²) in [6, 6.07) is 13.3. The summed E-state index contributed by atoms with van der Waals surface area (Å²) in [6.45, 7) is 3.28. The highest BCUT2D eigenvalue weighted by atomic mass is 19.1. The van der Waals surface area contributed by atoms with E-state index < -0.39 is 0 Å². The number of hydrogen-bond donors (Lipinski definition) is 2. The van der Waals surface area contributed by atoms with E-state index in [1.165, 1.54) is 37.0 Å². The number of amides is 2. The average molecular weight is 327 g/mol. The summed E-state index contributed by atoms with van der Waals surface area (Å²) >= 11 is 0. The lowest BCUT2D eigenvalue weighted by molar-refractivity contribution is 0.221. The molecule has 1 aliphatic heterocycles. The minimum Gasteiger partial charge on any atom is -0.308 e. The zero-order valence-corrected chi connectivity index (χ0v) is 13.6. The minimum atomic E-state index is -0.385. The number of halogens is 1. The second-order valence-electron chi connectivity index (χ2n) is 6.12. The Hall–Kier alpha value is -2.40. The number of hydrogen-bond acceptors (Lipinski definition) is 2. The number of carbonyl (C=O) groups excluding carboxylic acids is 1. The fraction of sp³-hybridized carbons (Fsp3) is 0.316. The van der Waals surface area contributed by atoms with E-state index in [9.17, 15) is 9.18 Å². The Labute approximate surface area is 141 Å². The highest BCUT2D eigenvalue weighted by Gasteiger charge is 2.10. The van der Waals surface area contributed by atoms with Gasteiger partial charge in [-0.2, -0.15) is 0 Å².